The Morgan fingerprint density at radius 3 is 2.61 bits per heavy atom. The molecule has 0 radical (unpaired) electrons. The van der Waals surface area contributed by atoms with E-state index in [0.717, 1.165) is 12.8 Å². The highest BCUT2D eigenvalue weighted by Gasteiger charge is 2.44. The normalized spacial score (nSPS) is 23.8. The molecule has 1 aromatic carbocycles. The first kappa shape index (κ1) is 25.8. The fourth-order valence-corrected chi connectivity index (χ4v) is 4.55. The number of nitrogens with two attached hydrogens (primary N) is 1. The number of amides is 1. The Balaban J connectivity index is 1.20. The lowest BCUT2D eigenvalue weighted by atomic mass is 9.94. The quantitative estimate of drug-likeness (QED) is 0.357. The van der Waals surface area contributed by atoms with Crippen LogP contribution in [0.1, 0.15) is 31.3 Å². The van der Waals surface area contributed by atoms with Crippen LogP contribution in [0.3, 0.4) is 0 Å². The van der Waals surface area contributed by atoms with Gasteiger partial charge in [0.05, 0.1) is 12.9 Å². The minimum atomic E-state index is -1.30. The number of benzene rings is 1. The van der Waals surface area contributed by atoms with E-state index in [2.05, 4.69) is 26.8 Å². The summed E-state index contributed by atoms with van der Waals surface area (Å²) in [7, 11) is 0. The summed E-state index contributed by atoms with van der Waals surface area (Å²) in [6.07, 6.45) is -1.56. The highest BCUT2D eigenvalue weighted by Crippen LogP contribution is 2.32. The minimum Gasteiger partial charge on any atom is -0.410 e. The third-order valence-corrected chi connectivity index (χ3v) is 6.72. The number of hydrogen-bond donors (Lipinski definition) is 4. The van der Waals surface area contributed by atoms with Gasteiger partial charge in [0, 0.05) is 19.5 Å². The molecule has 2 aromatic heterocycles. The molecule has 0 bridgehead atoms. The maximum absolute atomic E-state index is 13.0. The minimum absolute atomic E-state index is 0.109. The van der Waals surface area contributed by atoms with Crippen molar-refractivity contribution in [1.29, 1.82) is 0 Å². The summed E-state index contributed by atoms with van der Waals surface area (Å²) in [4.78, 5) is 26.8. The summed E-state index contributed by atoms with van der Waals surface area (Å²) < 4.78 is 25.3. The van der Waals surface area contributed by atoms with Crippen LogP contribution in [0.25, 0.3) is 11.2 Å². The lowest BCUT2D eigenvalue weighted by Crippen LogP contribution is -2.40. The van der Waals surface area contributed by atoms with Crippen molar-refractivity contribution in [3.05, 3.63) is 42.2 Å². The largest absolute Gasteiger partial charge is 0.415 e. The molecular weight excluding hydrogens is 499 g/mol. The molecule has 2 fully saturated rings. The van der Waals surface area contributed by atoms with Crippen LogP contribution >= 0.6 is 0 Å². The molecule has 4 atom stereocenters. The van der Waals surface area contributed by atoms with Gasteiger partial charge in [0.1, 0.15) is 35.4 Å². The number of rotatable bonds is 4. The Kier molecular flexibility index (Phi) is 7.39. The van der Waals surface area contributed by atoms with E-state index in [1.54, 1.807) is 4.90 Å². The van der Waals surface area contributed by atoms with Crippen molar-refractivity contribution < 1.29 is 34.0 Å². The Morgan fingerprint density at radius 2 is 1.92 bits per heavy atom. The van der Waals surface area contributed by atoms with Crippen molar-refractivity contribution in [2.24, 2.45) is 5.92 Å². The monoisotopic (exact) mass is 526 g/mol. The van der Waals surface area contributed by atoms with Gasteiger partial charge in [0.2, 0.25) is 5.82 Å². The molecule has 0 spiro atoms. The van der Waals surface area contributed by atoms with Crippen LogP contribution in [0.2, 0.25) is 0 Å². The first-order valence-corrected chi connectivity index (χ1v) is 12.2. The molecule has 5 rings (SSSR count). The second kappa shape index (κ2) is 10.9. The summed E-state index contributed by atoms with van der Waals surface area (Å²) in [5.41, 5.74) is 6.63. The van der Waals surface area contributed by atoms with E-state index in [1.807, 2.05) is 0 Å². The summed E-state index contributed by atoms with van der Waals surface area (Å²) in [6.45, 7) is 0.584. The predicted octanol–water partition coefficient (Wildman–Crippen LogP) is 0.812. The number of aliphatic hydroxyl groups is 3. The molecule has 3 aromatic rings. The zero-order valence-electron chi connectivity index (χ0n) is 20.3. The van der Waals surface area contributed by atoms with E-state index >= 15 is 0 Å². The molecular formula is C25H27FN6O6. The van der Waals surface area contributed by atoms with E-state index in [1.165, 1.54) is 35.2 Å². The van der Waals surface area contributed by atoms with E-state index in [0.29, 0.717) is 30.8 Å². The smallest absolute Gasteiger partial charge is 0.410 e. The fourth-order valence-electron chi connectivity index (χ4n) is 4.55. The van der Waals surface area contributed by atoms with Crippen molar-refractivity contribution in [3.8, 4) is 17.6 Å². The van der Waals surface area contributed by atoms with Gasteiger partial charge in [-0.25, -0.2) is 24.1 Å². The predicted molar refractivity (Wildman–Crippen MR) is 131 cm³/mol. The maximum Gasteiger partial charge on any atom is 0.415 e. The first-order chi connectivity index (χ1) is 18.3. The second-order valence-electron chi connectivity index (χ2n) is 9.24. The number of anilines is 1. The fraction of sp³-hybridized carbons (Fsp3) is 0.440. The zero-order chi connectivity index (χ0) is 26.8. The van der Waals surface area contributed by atoms with Crippen molar-refractivity contribution in [1.82, 2.24) is 24.4 Å². The van der Waals surface area contributed by atoms with Crippen LogP contribution < -0.4 is 10.5 Å². The number of ether oxygens (including phenoxy) is 2. The Morgan fingerprint density at radius 1 is 1.18 bits per heavy atom. The molecule has 12 nitrogen and oxygen atoms in total. The molecule has 4 heterocycles. The summed E-state index contributed by atoms with van der Waals surface area (Å²) in [6, 6.07) is 5.29. The topological polar surface area (TPSA) is 169 Å². The Bertz CT molecular complexity index is 1360. The number of likely N-dealkylation sites (tertiary alicyclic amines) is 1. The molecule has 13 heteroatoms. The number of carbonyl (C=O) groups excluding carboxylic acids is 1. The molecule has 200 valence electrons. The number of hydrogen-bond acceptors (Lipinski definition) is 10. The van der Waals surface area contributed by atoms with Crippen molar-refractivity contribution in [3.63, 3.8) is 0 Å². The number of aromatic nitrogens is 4. The van der Waals surface area contributed by atoms with Crippen LogP contribution in [-0.2, 0) is 4.74 Å². The van der Waals surface area contributed by atoms with Gasteiger partial charge in [0.25, 0.3) is 0 Å². The number of piperidine rings is 1. The SMILES string of the molecule is Nc1nc(C#CCC2CCN(C(=O)Oc3ccc(F)cc3)CC2)nc2c1ncn2[C@@H]1O[C@H](CO)C(O)C1O. The molecule has 2 unspecified atom stereocenters. The van der Waals surface area contributed by atoms with Crippen molar-refractivity contribution >= 4 is 23.1 Å². The number of imidazole rings is 1. The number of nitrogen functional groups attached to an aromatic ring is 1. The van der Waals surface area contributed by atoms with Crippen molar-refractivity contribution in [2.75, 3.05) is 25.4 Å². The zero-order valence-corrected chi connectivity index (χ0v) is 20.3. The molecule has 2 saturated heterocycles. The molecule has 2 aliphatic heterocycles. The van der Waals surface area contributed by atoms with Crippen LogP contribution in [0, 0.1) is 23.6 Å². The number of fused-ring (bicyclic) bond motifs is 1. The average molecular weight is 527 g/mol. The van der Waals surface area contributed by atoms with Gasteiger partial charge in [-0.3, -0.25) is 4.57 Å². The van der Waals surface area contributed by atoms with Gasteiger partial charge in [0.15, 0.2) is 17.7 Å². The Labute approximate surface area is 216 Å². The van der Waals surface area contributed by atoms with E-state index in [4.69, 9.17) is 15.2 Å². The maximum atomic E-state index is 13.0. The number of aliphatic hydroxyl groups excluding tert-OH is 3. The Hall–Kier alpha value is -3.83. The van der Waals surface area contributed by atoms with E-state index in [9.17, 15) is 24.5 Å². The van der Waals surface area contributed by atoms with Crippen LogP contribution in [0.5, 0.6) is 5.75 Å². The van der Waals surface area contributed by atoms with Crippen molar-refractivity contribution in [2.45, 2.75) is 43.8 Å². The first-order valence-electron chi connectivity index (χ1n) is 12.2. The highest BCUT2D eigenvalue weighted by molar-refractivity contribution is 5.82. The molecule has 0 aliphatic carbocycles. The summed E-state index contributed by atoms with van der Waals surface area (Å²) in [5, 5.41) is 29.8. The van der Waals surface area contributed by atoms with Gasteiger partial charge in [-0.05, 0) is 48.9 Å². The highest BCUT2D eigenvalue weighted by atomic mass is 19.1. The van der Waals surface area contributed by atoms with Crippen LogP contribution in [0.4, 0.5) is 15.0 Å². The van der Waals surface area contributed by atoms with Crippen LogP contribution in [0.15, 0.2) is 30.6 Å². The lowest BCUT2D eigenvalue weighted by Gasteiger charge is -2.30. The average Bonchev–Trinajstić information content (AvgIpc) is 3.46. The standard InChI is InChI=1S/C25H27FN6O6/c26-15-4-6-16(7-5-15)37-25(36)31-10-8-14(9-11-31)2-1-3-18-29-22(27)19-23(30-18)32(13-28-19)24-21(35)20(34)17(12-33)38-24/h4-7,13-14,17,20-21,24,33-35H,2,8-12H2,(H2,27,29,30)/t17-,20?,21?,24-/m1/s1. The van der Waals surface area contributed by atoms with Gasteiger partial charge in [-0.1, -0.05) is 5.92 Å². The van der Waals surface area contributed by atoms with Gasteiger partial charge < -0.3 is 35.4 Å². The van der Waals surface area contributed by atoms with E-state index in [-0.39, 0.29) is 23.2 Å². The van der Waals surface area contributed by atoms with Crippen LogP contribution in [-0.4, -0.2) is 83.8 Å². The number of halogens is 1. The third kappa shape index (κ3) is 5.25. The molecule has 1 amide bonds. The molecule has 5 N–H and O–H groups in total. The van der Waals surface area contributed by atoms with E-state index < -0.39 is 43.1 Å². The third-order valence-electron chi connectivity index (χ3n) is 6.72. The number of nitrogens with zero attached hydrogens (tertiary/aromatic N) is 5. The van der Waals surface area contributed by atoms with Gasteiger partial charge in [-0.15, -0.1) is 0 Å². The summed E-state index contributed by atoms with van der Waals surface area (Å²) >= 11 is 0. The summed E-state index contributed by atoms with van der Waals surface area (Å²) in [5.74, 6) is 6.44. The molecule has 2 aliphatic rings. The molecule has 38 heavy (non-hydrogen) atoms. The van der Waals surface area contributed by atoms with Gasteiger partial charge >= 0.3 is 6.09 Å². The van der Waals surface area contributed by atoms with Gasteiger partial charge in [-0.2, -0.15) is 0 Å². The molecule has 0 saturated carbocycles. The second-order valence-corrected chi connectivity index (χ2v) is 9.24. The lowest BCUT2D eigenvalue weighted by molar-refractivity contribution is -0.0511. The number of carbonyl (C=O) groups is 1.